The number of hydrogen-bond acceptors (Lipinski definition) is 2. The predicted octanol–water partition coefficient (Wildman–Crippen LogP) is 4.52. The topological polar surface area (TPSA) is 21.3 Å². The zero-order valence-electron chi connectivity index (χ0n) is 13.1. The fourth-order valence-electron chi connectivity index (χ4n) is 3.53. The number of methoxy groups -OCH3 is 1. The van der Waals surface area contributed by atoms with Crippen LogP contribution in [0.15, 0.2) is 36.4 Å². The standard InChI is InChI=1S/C19H25NO/c1-14-7-3-6-10-18(14)20-13-15-11-12-19(21-2)17-9-5-4-8-16(15)17/h4-5,8-9,11-12,14,18,20H,3,6-7,10,13H2,1-2H3/t14-,18-/m0/s1. The predicted molar refractivity (Wildman–Crippen MR) is 88.8 cm³/mol. The minimum absolute atomic E-state index is 0.666. The molecule has 2 aromatic carbocycles. The van der Waals surface area contributed by atoms with Gasteiger partial charge in [0, 0.05) is 18.0 Å². The van der Waals surface area contributed by atoms with Crippen molar-refractivity contribution in [1.29, 1.82) is 0 Å². The van der Waals surface area contributed by atoms with Gasteiger partial charge in [-0.3, -0.25) is 0 Å². The molecule has 0 amide bonds. The number of hydrogen-bond donors (Lipinski definition) is 1. The normalized spacial score (nSPS) is 22.4. The third-order valence-corrected chi connectivity index (χ3v) is 4.86. The zero-order valence-corrected chi connectivity index (χ0v) is 13.1. The van der Waals surface area contributed by atoms with Crippen molar-refractivity contribution in [3.63, 3.8) is 0 Å². The first kappa shape index (κ1) is 14.4. The van der Waals surface area contributed by atoms with E-state index in [9.17, 15) is 0 Å². The van der Waals surface area contributed by atoms with Crippen molar-refractivity contribution in [1.82, 2.24) is 5.32 Å². The Bertz CT molecular complexity index is 608. The molecular weight excluding hydrogens is 258 g/mol. The van der Waals surface area contributed by atoms with Gasteiger partial charge in [-0.25, -0.2) is 0 Å². The lowest BCUT2D eigenvalue weighted by Gasteiger charge is -2.30. The molecule has 2 aromatic rings. The quantitative estimate of drug-likeness (QED) is 0.891. The molecule has 0 aromatic heterocycles. The monoisotopic (exact) mass is 283 g/mol. The lowest BCUT2D eigenvalue weighted by Crippen LogP contribution is -2.36. The highest BCUT2D eigenvalue weighted by atomic mass is 16.5. The number of nitrogens with one attached hydrogen (secondary N) is 1. The molecule has 0 heterocycles. The average Bonchev–Trinajstić information content (AvgIpc) is 2.54. The summed E-state index contributed by atoms with van der Waals surface area (Å²) in [4.78, 5) is 0. The van der Waals surface area contributed by atoms with Crippen LogP contribution in [0.2, 0.25) is 0 Å². The van der Waals surface area contributed by atoms with Gasteiger partial charge in [-0.15, -0.1) is 0 Å². The van der Waals surface area contributed by atoms with Crippen molar-refractivity contribution in [2.45, 2.75) is 45.2 Å². The van der Waals surface area contributed by atoms with Gasteiger partial charge in [-0.2, -0.15) is 0 Å². The third kappa shape index (κ3) is 3.06. The van der Waals surface area contributed by atoms with Crippen LogP contribution in [0, 0.1) is 5.92 Å². The van der Waals surface area contributed by atoms with E-state index in [1.54, 1.807) is 7.11 Å². The summed E-state index contributed by atoms with van der Waals surface area (Å²) in [6.07, 6.45) is 5.44. The van der Waals surface area contributed by atoms with E-state index in [-0.39, 0.29) is 0 Å². The van der Waals surface area contributed by atoms with Crippen molar-refractivity contribution in [3.05, 3.63) is 42.0 Å². The van der Waals surface area contributed by atoms with Gasteiger partial charge in [0.2, 0.25) is 0 Å². The van der Waals surface area contributed by atoms with Gasteiger partial charge < -0.3 is 10.1 Å². The first-order chi connectivity index (χ1) is 10.3. The van der Waals surface area contributed by atoms with Crippen LogP contribution >= 0.6 is 0 Å². The van der Waals surface area contributed by atoms with Crippen LogP contribution in [0.1, 0.15) is 38.2 Å². The van der Waals surface area contributed by atoms with Crippen LogP contribution in [0.5, 0.6) is 5.75 Å². The van der Waals surface area contributed by atoms with Crippen LogP contribution < -0.4 is 10.1 Å². The minimum atomic E-state index is 0.666. The molecule has 2 atom stereocenters. The number of rotatable bonds is 4. The molecule has 1 aliphatic rings. The van der Waals surface area contributed by atoms with E-state index in [4.69, 9.17) is 4.74 Å². The first-order valence-electron chi connectivity index (χ1n) is 8.07. The van der Waals surface area contributed by atoms with E-state index in [1.807, 2.05) is 0 Å². The summed E-state index contributed by atoms with van der Waals surface area (Å²) in [5.74, 6) is 1.75. The van der Waals surface area contributed by atoms with Gasteiger partial charge in [-0.05, 0) is 35.8 Å². The zero-order chi connectivity index (χ0) is 14.7. The summed E-state index contributed by atoms with van der Waals surface area (Å²) in [6, 6.07) is 13.5. The molecule has 0 bridgehead atoms. The third-order valence-electron chi connectivity index (χ3n) is 4.86. The molecule has 2 nitrogen and oxygen atoms in total. The Balaban J connectivity index is 1.81. The molecule has 112 valence electrons. The summed E-state index contributed by atoms with van der Waals surface area (Å²) in [5.41, 5.74) is 1.36. The van der Waals surface area contributed by atoms with Gasteiger partial charge in [0.25, 0.3) is 0 Å². The molecule has 0 spiro atoms. The Hall–Kier alpha value is -1.54. The molecule has 0 radical (unpaired) electrons. The van der Waals surface area contributed by atoms with Crippen LogP contribution in [0.4, 0.5) is 0 Å². The minimum Gasteiger partial charge on any atom is -0.496 e. The summed E-state index contributed by atoms with van der Waals surface area (Å²) < 4.78 is 5.47. The number of ether oxygens (including phenoxy) is 1. The second kappa shape index (κ2) is 6.48. The lowest BCUT2D eigenvalue weighted by molar-refractivity contribution is 0.279. The van der Waals surface area contributed by atoms with Crippen molar-refractivity contribution in [2.75, 3.05) is 7.11 Å². The molecule has 1 saturated carbocycles. The van der Waals surface area contributed by atoms with Crippen molar-refractivity contribution in [3.8, 4) is 5.75 Å². The second-order valence-corrected chi connectivity index (χ2v) is 6.22. The number of benzene rings is 2. The molecule has 3 rings (SSSR count). The molecular formula is C19H25NO. The van der Waals surface area contributed by atoms with E-state index >= 15 is 0 Å². The Morgan fingerprint density at radius 1 is 1.05 bits per heavy atom. The summed E-state index contributed by atoms with van der Waals surface area (Å²) >= 11 is 0. The van der Waals surface area contributed by atoms with Crippen LogP contribution in [0.3, 0.4) is 0 Å². The van der Waals surface area contributed by atoms with E-state index in [0.29, 0.717) is 6.04 Å². The highest BCUT2D eigenvalue weighted by Gasteiger charge is 2.20. The molecule has 1 aliphatic carbocycles. The maximum absolute atomic E-state index is 5.47. The van der Waals surface area contributed by atoms with Gasteiger partial charge in [0.05, 0.1) is 7.11 Å². The van der Waals surface area contributed by atoms with Gasteiger partial charge in [-0.1, -0.05) is 50.1 Å². The fourth-order valence-corrected chi connectivity index (χ4v) is 3.53. The first-order valence-corrected chi connectivity index (χ1v) is 8.07. The molecule has 1 N–H and O–H groups in total. The molecule has 21 heavy (non-hydrogen) atoms. The summed E-state index contributed by atoms with van der Waals surface area (Å²) in [6.45, 7) is 3.32. The van der Waals surface area contributed by atoms with Crippen molar-refractivity contribution < 1.29 is 4.74 Å². The molecule has 0 aliphatic heterocycles. The van der Waals surface area contributed by atoms with Crippen molar-refractivity contribution >= 4 is 10.8 Å². The van der Waals surface area contributed by atoms with Gasteiger partial charge in [0.15, 0.2) is 0 Å². The van der Waals surface area contributed by atoms with E-state index in [2.05, 4.69) is 48.6 Å². The summed E-state index contributed by atoms with van der Waals surface area (Å²) in [7, 11) is 1.74. The average molecular weight is 283 g/mol. The van der Waals surface area contributed by atoms with E-state index in [0.717, 1.165) is 18.2 Å². The van der Waals surface area contributed by atoms with E-state index in [1.165, 1.54) is 42.0 Å². The molecule has 0 unspecified atom stereocenters. The molecule has 0 saturated heterocycles. The maximum Gasteiger partial charge on any atom is 0.126 e. The van der Waals surface area contributed by atoms with Crippen molar-refractivity contribution in [2.24, 2.45) is 5.92 Å². The number of fused-ring (bicyclic) bond motifs is 1. The van der Waals surface area contributed by atoms with Crippen LogP contribution in [-0.2, 0) is 6.54 Å². The highest BCUT2D eigenvalue weighted by Crippen LogP contribution is 2.29. The fraction of sp³-hybridized carbons (Fsp3) is 0.474. The van der Waals surface area contributed by atoms with E-state index < -0.39 is 0 Å². The largest absolute Gasteiger partial charge is 0.496 e. The smallest absolute Gasteiger partial charge is 0.126 e. The molecule has 1 fully saturated rings. The highest BCUT2D eigenvalue weighted by molar-refractivity contribution is 5.91. The lowest BCUT2D eigenvalue weighted by atomic mass is 9.86. The Labute approximate surface area is 127 Å². The van der Waals surface area contributed by atoms with Gasteiger partial charge in [0.1, 0.15) is 5.75 Å². The Kier molecular flexibility index (Phi) is 4.45. The van der Waals surface area contributed by atoms with Crippen LogP contribution in [0.25, 0.3) is 10.8 Å². The molecule has 2 heteroatoms. The van der Waals surface area contributed by atoms with Gasteiger partial charge >= 0.3 is 0 Å². The summed E-state index contributed by atoms with van der Waals surface area (Å²) in [5, 5.41) is 6.28. The Morgan fingerprint density at radius 3 is 2.57 bits per heavy atom. The van der Waals surface area contributed by atoms with Crippen LogP contribution in [-0.4, -0.2) is 13.2 Å². The SMILES string of the molecule is COc1ccc(CN[C@H]2CCCC[C@@H]2C)c2ccccc12. The Morgan fingerprint density at radius 2 is 1.81 bits per heavy atom. The maximum atomic E-state index is 5.47. The second-order valence-electron chi connectivity index (χ2n) is 6.22.